The number of nitrogens with one attached hydrogen (secondary N) is 1. The highest BCUT2D eigenvalue weighted by atomic mass is 79.9. The lowest BCUT2D eigenvalue weighted by atomic mass is 9.91. The maximum absolute atomic E-state index is 8.80. The van der Waals surface area contributed by atoms with E-state index < -0.39 is 0 Å². The molecule has 2 N–H and O–H groups in total. The van der Waals surface area contributed by atoms with Crippen LogP contribution in [-0.4, -0.2) is 34.1 Å². The molecule has 1 aromatic rings. The average molecular weight is 288 g/mol. The molecule has 1 saturated carbocycles. The molecule has 0 saturated heterocycles. The summed E-state index contributed by atoms with van der Waals surface area (Å²) in [6.45, 7) is 0.911. The van der Waals surface area contributed by atoms with Crippen LogP contribution >= 0.6 is 15.9 Å². The average Bonchev–Trinajstić information content (AvgIpc) is 2.74. The zero-order chi connectivity index (χ0) is 11.4. The Morgan fingerprint density at radius 3 is 3.12 bits per heavy atom. The van der Waals surface area contributed by atoms with Crippen LogP contribution in [0.25, 0.3) is 0 Å². The maximum atomic E-state index is 8.80. The summed E-state index contributed by atoms with van der Waals surface area (Å²) in [6, 6.07) is 1.02. The summed E-state index contributed by atoms with van der Waals surface area (Å²) in [7, 11) is 0. The van der Waals surface area contributed by atoms with Crippen LogP contribution in [0.3, 0.4) is 0 Å². The SMILES string of the molecule is OCCN[C@@H]1CCC[C@@H](n2cc(Br)cn2)C1. The largest absolute Gasteiger partial charge is 0.395 e. The Kier molecular flexibility index (Phi) is 4.37. The number of aromatic nitrogens is 2. The van der Waals surface area contributed by atoms with E-state index in [4.69, 9.17) is 5.11 Å². The third-order valence-corrected chi connectivity index (χ3v) is 3.54. The van der Waals surface area contributed by atoms with Crippen molar-refractivity contribution in [1.82, 2.24) is 15.1 Å². The second kappa shape index (κ2) is 5.80. The number of nitrogens with zero attached hydrogens (tertiary/aromatic N) is 2. The van der Waals surface area contributed by atoms with Gasteiger partial charge in [0.15, 0.2) is 0 Å². The van der Waals surface area contributed by atoms with Crippen molar-refractivity contribution in [3.05, 3.63) is 16.9 Å². The molecule has 90 valence electrons. The zero-order valence-corrected chi connectivity index (χ0v) is 10.9. The van der Waals surface area contributed by atoms with Crippen LogP contribution in [0.5, 0.6) is 0 Å². The van der Waals surface area contributed by atoms with Crippen molar-refractivity contribution in [3.63, 3.8) is 0 Å². The Labute approximate surface area is 104 Å². The van der Waals surface area contributed by atoms with E-state index >= 15 is 0 Å². The molecule has 1 heterocycles. The first-order valence-electron chi connectivity index (χ1n) is 5.83. The van der Waals surface area contributed by atoms with Gasteiger partial charge in [0.1, 0.15) is 0 Å². The Morgan fingerprint density at radius 1 is 1.56 bits per heavy atom. The molecule has 0 amide bonds. The van der Waals surface area contributed by atoms with Crippen molar-refractivity contribution in [1.29, 1.82) is 0 Å². The minimum Gasteiger partial charge on any atom is -0.395 e. The van der Waals surface area contributed by atoms with Gasteiger partial charge in [0.2, 0.25) is 0 Å². The standard InChI is InChI=1S/C11H18BrN3O/c12-9-7-14-15(8-9)11-3-1-2-10(6-11)13-4-5-16/h7-8,10-11,13,16H,1-6H2/t10-,11-/m1/s1. The second-order valence-corrected chi connectivity index (χ2v) is 5.25. The van der Waals surface area contributed by atoms with Crippen LogP contribution in [0, 0.1) is 0 Å². The lowest BCUT2D eigenvalue weighted by Crippen LogP contribution is -2.36. The first-order chi connectivity index (χ1) is 7.79. The van der Waals surface area contributed by atoms with E-state index in [0.29, 0.717) is 18.6 Å². The summed E-state index contributed by atoms with van der Waals surface area (Å²) in [4.78, 5) is 0. The fourth-order valence-corrected chi connectivity index (χ4v) is 2.67. The van der Waals surface area contributed by atoms with Crippen molar-refractivity contribution in [2.24, 2.45) is 0 Å². The Hall–Kier alpha value is -0.390. The Morgan fingerprint density at radius 2 is 2.44 bits per heavy atom. The second-order valence-electron chi connectivity index (χ2n) is 4.33. The predicted molar refractivity (Wildman–Crippen MR) is 66.3 cm³/mol. The van der Waals surface area contributed by atoms with Gasteiger partial charge in [0, 0.05) is 18.8 Å². The molecule has 0 radical (unpaired) electrons. The quantitative estimate of drug-likeness (QED) is 0.887. The summed E-state index contributed by atoms with van der Waals surface area (Å²) < 4.78 is 3.09. The molecule has 0 aliphatic heterocycles. The summed E-state index contributed by atoms with van der Waals surface area (Å²) in [6.07, 6.45) is 8.62. The molecule has 0 spiro atoms. The van der Waals surface area contributed by atoms with Gasteiger partial charge in [-0.05, 0) is 41.6 Å². The van der Waals surface area contributed by atoms with Crippen LogP contribution in [0.15, 0.2) is 16.9 Å². The van der Waals surface area contributed by atoms with Crippen molar-refractivity contribution in [3.8, 4) is 0 Å². The molecular formula is C11H18BrN3O. The highest BCUT2D eigenvalue weighted by Gasteiger charge is 2.23. The van der Waals surface area contributed by atoms with Crippen molar-refractivity contribution < 1.29 is 5.11 Å². The fraction of sp³-hybridized carbons (Fsp3) is 0.727. The summed E-state index contributed by atoms with van der Waals surface area (Å²) in [5.74, 6) is 0. The highest BCUT2D eigenvalue weighted by molar-refractivity contribution is 9.10. The van der Waals surface area contributed by atoms with E-state index in [2.05, 4.69) is 31.0 Å². The van der Waals surface area contributed by atoms with Crippen molar-refractivity contribution >= 4 is 15.9 Å². The van der Waals surface area contributed by atoms with Crippen LogP contribution in [0.4, 0.5) is 0 Å². The molecule has 2 atom stereocenters. The number of hydrogen-bond donors (Lipinski definition) is 2. The van der Waals surface area contributed by atoms with Crippen LogP contribution in [0.2, 0.25) is 0 Å². The minimum atomic E-state index is 0.217. The van der Waals surface area contributed by atoms with Gasteiger partial charge >= 0.3 is 0 Å². The molecule has 1 aromatic heterocycles. The van der Waals surface area contributed by atoms with Gasteiger partial charge in [0.05, 0.1) is 23.3 Å². The minimum absolute atomic E-state index is 0.217. The number of halogens is 1. The first-order valence-corrected chi connectivity index (χ1v) is 6.63. The maximum Gasteiger partial charge on any atom is 0.0632 e. The predicted octanol–water partition coefficient (Wildman–Crippen LogP) is 1.71. The fourth-order valence-electron chi connectivity index (χ4n) is 2.37. The molecular weight excluding hydrogens is 270 g/mol. The summed E-state index contributed by atoms with van der Waals surface area (Å²) in [5, 5.41) is 16.5. The molecule has 0 bridgehead atoms. The van der Waals surface area contributed by atoms with Crippen LogP contribution < -0.4 is 5.32 Å². The van der Waals surface area contributed by atoms with E-state index in [9.17, 15) is 0 Å². The van der Waals surface area contributed by atoms with Crippen molar-refractivity contribution in [2.75, 3.05) is 13.2 Å². The molecule has 0 aromatic carbocycles. The van der Waals surface area contributed by atoms with Gasteiger partial charge in [-0.3, -0.25) is 4.68 Å². The van der Waals surface area contributed by atoms with Gasteiger partial charge in [0.25, 0.3) is 0 Å². The lowest BCUT2D eigenvalue weighted by Gasteiger charge is -2.29. The molecule has 1 aliphatic rings. The Bertz CT molecular complexity index is 329. The van der Waals surface area contributed by atoms with E-state index in [0.717, 1.165) is 10.9 Å². The summed E-state index contributed by atoms with van der Waals surface area (Å²) >= 11 is 3.42. The molecule has 5 heteroatoms. The van der Waals surface area contributed by atoms with Crippen LogP contribution in [0.1, 0.15) is 31.7 Å². The third kappa shape index (κ3) is 3.06. The molecule has 0 unspecified atom stereocenters. The van der Waals surface area contributed by atoms with E-state index in [1.807, 2.05) is 12.4 Å². The van der Waals surface area contributed by atoms with E-state index in [-0.39, 0.29) is 6.61 Å². The van der Waals surface area contributed by atoms with Gasteiger partial charge < -0.3 is 10.4 Å². The third-order valence-electron chi connectivity index (χ3n) is 3.14. The van der Waals surface area contributed by atoms with Crippen molar-refractivity contribution in [2.45, 2.75) is 37.8 Å². The smallest absolute Gasteiger partial charge is 0.0632 e. The molecule has 2 rings (SSSR count). The topological polar surface area (TPSA) is 50.1 Å². The summed E-state index contributed by atoms with van der Waals surface area (Å²) in [5.41, 5.74) is 0. The molecule has 4 nitrogen and oxygen atoms in total. The van der Waals surface area contributed by atoms with Gasteiger partial charge in [-0.25, -0.2) is 0 Å². The van der Waals surface area contributed by atoms with Gasteiger partial charge in [-0.1, -0.05) is 0 Å². The zero-order valence-electron chi connectivity index (χ0n) is 9.27. The Balaban J connectivity index is 1.91. The first kappa shape index (κ1) is 12.1. The molecule has 1 fully saturated rings. The number of hydrogen-bond acceptors (Lipinski definition) is 3. The van der Waals surface area contributed by atoms with Crippen LogP contribution in [-0.2, 0) is 0 Å². The van der Waals surface area contributed by atoms with Gasteiger partial charge in [-0.15, -0.1) is 0 Å². The highest BCUT2D eigenvalue weighted by Crippen LogP contribution is 2.28. The molecule has 1 aliphatic carbocycles. The monoisotopic (exact) mass is 287 g/mol. The number of aliphatic hydroxyl groups is 1. The normalized spacial score (nSPS) is 25.9. The number of rotatable bonds is 4. The lowest BCUT2D eigenvalue weighted by molar-refractivity contribution is 0.241. The van der Waals surface area contributed by atoms with E-state index in [1.54, 1.807) is 0 Å². The van der Waals surface area contributed by atoms with Gasteiger partial charge in [-0.2, -0.15) is 5.10 Å². The van der Waals surface area contributed by atoms with E-state index in [1.165, 1.54) is 19.3 Å². The number of aliphatic hydroxyl groups excluding tert-OH is 1. The molecule has 16 heavy (non-hydrogen) atoms.